The van der Waals surface area contributed by atoms with Gasteiger partial charge in [-0.15, -0.1) is 0 Å². The van der Waals surface area contributed by atoms with Gasteiger partial charge >= 0.3 is 0 Å². The molecule has 6 heteroatoms. The van der Waals surface area contributed by atoms with Crippen LogP contribution in [0.4, 0.5) is 42.9 Å². The second-order valence-corrected chi connectivity index (χ2v) is 14.2. The number of fused-ring (bicyclic) bond motifs is 4. The Morgan fingerprint density at radius 2 is 0.735 bits per heavy atom. The van der Waals surface area contributed by atoms with E-state index in [4.69, 9.17) is 0 Å². The van der Waals surface area contributed by atoms with Crippen molar-refractivity contribution in [3.05, 3.63) is 169 Å². The highest BCUT2D eigenvalue weighted by Gasteiger charge is 2.33. The maximum absolute atomic E-state index is 15.1. The van der Waals surface area contributed by atoms with Crippen LogP contribution in [0.15, 0.2) is 171 Å². The minimum atomic E-state index is -0.315. The Bertz CT molecular complexity index is 2170. The molecule has 2 heterocycles. The van der Waals surface area contributed by atoms with Crippen molar-refractivity contribution >= 4 is 57.6 Å². The highest BCUT2D eigenvalue weighted by Crippen LogP contribution is 2.59. The minimum absolute atomic E-state index is 0.315. The van der Waals surface area contributed by atoms with Gasteiger partial charge in [0.1, 0.15) is 11.6 Å². The molecule has 0 radical (unpaired) electrons. The van der Waals surface area contributed by atoms with E-state index in [9.17, 15) is 0 Å². The fraction of sp³-hybridized carbons (Fsp3) is 0.0233. The summed E-state index contributed by atoms with van der Waals surface area (Å²) in [7, 11) is 0. The summed E-state index contributed by atoms with van der Waals surface area (Å²) in [5.41, 5.74) is 10.2. The molecular formula is C43H28F2N2S2. The molecular weight excluding hydrogens is 647 g/mol. The van der Waals surface area contributed by atoms with Gasteiger partial charge in [0.15, 0.2) is 0 Å². The number of halogens is 2. The van der Waals surface area contributed by atoms with Crippen molar-refractivity contribution in [1.29, 1.82) is 0 Å². The maximum atomic E-state index is 15.1. The molecule has 0 atom stereocenters. The van der Waals surface area contributed by atoms with Gasteiger partial charge in [-0.05, 0) is 102 Å². The van der Waals surface area contributed by atoms with Crippen molar-refractivity contribution < 1.29 is 8.78 Å². The molecule has 236 valence electrons. The van der Waals surface area contributed by atoms with Gasteiger partial charge in [0, 0.05) is 30.7 Å². The summed E-state index contributed by atoms with van der Waals surface area (Å²) in [6.45, 7) is 2.08. The maximum Gasteiger partial charge on any atom is 0.123 e. The quantitative estimate of drug-likeness (QED) is 0.183. The fourth-order valence-corrected chi connectivity index (χ4v) is 9.20. The van der Waals surface area contributed by atoms with Gasteiger partial charge in [-0.25, -0.2) is 8.78 Å². The standard InChI is InChI=1S/C43H28F2N2S2/c1-27-42(28-12-10-14-30(44)24-28)36(46-32-16-2-6-20-38(32)48-39-21-7-3-17-33(39)46)26-37(43(27)29-13-11-15-31(45)25-29)47-34-18-4-8-22-40(34)49-41-23-9-5-19-35(41)47/h2-26H,1H3. The zero-order valence-electron chi connectivity index (χ0n) is 26.4. The molecule has 9 rings (SSSR count). The Hall–Kier alpha value is -5.30. The Morgan fingerprint density at radius 3 is 1.08 bits per heavy atom. The first-order valence-corrected chi connectivity index (χ1v) is 17.7. The summed E-state index contributed by atoms with van der Waals surface area (Å²) in [5.74, 6) is -0.629. The number of para-hydroxylation sites is 4. The highest BCUT2D eigenvalue weighted by atomic mass is 32.2. The van der Waals surface area contributed by atoms with Gasteiger partial charge in [0.05, 0.1) is 34.1 Å². The molecule has 0 fully saturated rings. The summed E-state index contributed by atoms with van der Waals surface area (Å²) in [4.78, 5) is 9.14. The number of hydrogen-bond acceptors (Lipinski definition) is 4. The zero-order chi connectivity index (χ0) is 33.1. The number of rotatable bonds is 4. The molecule has 2 nitrogen and oxygen atoms in total. The smallest absolute Gasteiger partial charge is 0.123 e. The Balaban J connectivity index is 1.45. The van der Waals surface area contributed by atoms with E-state index >= 15 is 8.78 Å². The van der Waals surface area contributed by atoms with Gasteiger partial charge in [0.25, 0.3) is 0 Å². The van der Waals surface area contributed by atoms with E-state index in [1.165, 1.54) is 12.1 Å². The van der Waals surface area contributed by atoms with Crippen LogP contribution in [0.5, 0.6) is 0 Å². The first-order valence-electron chi connectivity index (χ1n) is 16.1. The number of hydrogen-bond donors (Lipinski definition) is 0. The molecule has 0 saturated carbocycles. The second-order valence-electron chi connectivity index (χ2n) is 12.1. The average molecular weight is 675 g/mol. The molecule has 0 amide bonds. The lowest BCUT2D eigenvalue weighted by Gasteiger charge is -2.38. The average Bonchev–Trinajstić information content (AvgIpc) is 3.12. The van der Waals surface area contributed by atoms with Crippen molar-refractivity contribution in [3.63, 3.8) is 0 Å². The van der Waals surface area contributed by atoms with Crippen LogP contribution < -0.4 is 9.80 Å². The molecule has 0 spiro atoms. The summed E-state index contributed by atoms with van der Waals surface area (Å²) in [5, 5.41) is 0. The number of benzene rings is 7. The summed E-state index contributed by atoms with van der Waals surface area (Å²) >= 11 is 3.50. The second kappa shape index (κ2) is 12.0. The van der Waals surface area contributed by atoms with Crippen molar-refractivity contribution in [2.45, 2.75) is 26.5 Å². The van der Waals surface area contributed by atoms with E-state index < -0.39 is 0 Å². The van der Waals surface area contributed by atoms with E-state index in [2.05, 4.69) is 120 Å². The van der Waals surface area contributed by atoms with Crippen LogP contribution in [-0.2, 0) is 0 Å². The molecule has 49 heavy (non-hydrogen) atoms. The molecule has 2 aliphatic rings. The van der Waals surface area contributed by atoms with Gasteiger partial charge < -0.3 is 9.80 Å². The zero-order valence-corrected chi connectivity index (χ0v) is 28.0. The lowest BCUT2D eigenvalue weighted by Crippen LogP contribution is -2.20. The molecule has 0 aliphatic carbocycles. The topological polar surface area (TPSA) is 6.48 Å². The molecule has 0 aromatic heterocycles. The van der Waals surface area contributed by atoms with Crippen LogP contribution in [0.2, 0.25) is 0 Å². The third kappa shape index (κ3) is 5.02. The van der Waals surface area contributed by atoms with E-state index in [1.807, 2.05) is 12.1 Å². The third-order valence-corrected chi connectivity index (χ3v) is 11.4. The van der Waals surface area contributed by atoms with Crippen LogP contribution in [0, 0.1) is 18.6 Å². The number of nitrogens with zero attached hydrogens (tertiary/aromatic N) is 2. The fourth-order valence-electron chi connectivity index (χ4n) is 7.08. The molecule has 7 aromatic rings. The number of anilines is 6. The Labute approximate surface area is 292 Å². The summed E-state index contributed by atoms with van der Waals surface area (Å²) < 4.78 is 30.3. The molecule has 0 unspecified atom stereocenters. The molecule has 2 aliphatic heterocycles. The lowest BCUT2D eigenvalue weighted by molar-refractivity contribution is 0.628. The van der Waals surface area contributed by atoms with E-state index in [0.717, 1.165) is 81.5 Å². The van der Waals surface area contributed by atoms with E-state index in [-0.39, 0.29) is 11.6 Å². The normalized spacial score (nSPS) is 13.0. The van der Waals surface area contributed by atoms with Crippen molar-refractivity contribution in [1.82, 2.24) is 0 Å². The van der Waals surface area contributed by atoms with Gasteiger partial charge in [-0.2, -0.15) is 0 Å². The Morgan fingerprint density at radius 1 is 0.388 bits per heavy atom. The van der Waals surface area contributed by atoms with Gasteiger partial charge in [0.2, 0.25) is 0 Å². The highest BCUT2D eigenvalue weighted by molar-refractivity contribution is 8.00. The summed E-state index contributed by atoms with van der Waals surface area (Å²) in [6, 6.07) is 49.5. The molecule has 7 aromatic carbocycles. The minimum Gasteiger partial charge on any atom is -0.308 e. The van der Waals surface area contributed by atoms with Gasteiger partial charge in [-0.3, -0.25) is 0 Å². The van der Waals surface area contributed by atoms with Gasteiger partial charge in [-0.1, -0.05) is 96.3 Å². The van der Waals surface area contributed by atoms with Crippen LogP contribution in [0.3, 0.4) is 0 Å². The van der Waals surface area contributed by atoms with Crippen LogP contribution in [-0.4, -0.2) is 0 Å². The monoisotopic (exact) mass is 674 g/mol. The third-order valence-electron chi connectivity index (χ3n) is 9.11. The largest absolute Gasteiger partial charge is 0.308 e. The molecule has 0 bridgehead atoms. The van der Waals surface area contributed by atoms with Crippen LogP contribution in [0.25, 0.3) is 22.3 Å². The van der Waals surface area contributed by atoms with Crippen molar-refractivity contribution in [2.24, 2.45) is 0 Å². The van der Waals surface area contributed by atoms with Crippen molar-refractivity contribution in [3.8, 4) is 22.3 Å². The first kappa shape index (κ1) is 29.8. The van der Waals surface area contributed by atoms with E-state index in [0.29, 0.717) is 0 Å². The van der Waals surface area contributed by atoms with Crippen LogP contribution >= 0.6 is 23.5 Å². The lowest BCUT2D eigenvalue weighted by atomic mass is 9.88. The molecule has 0 saturated heterocycles. The first-order chi connectivity index (χ1) is 24.0. The van der Waals surface area contributed by atoms with Crippen molar-refractivity contribution in [2.75, 3.05) is 9.80 Å². The predicted octanol–water partition coefficient (Wildman–Crippen LogP) is 13.5. The SMILES string of the molecule is Cc1c(-c2cccc(F)c2)c(N2c3ccccc3Sc3ccccc32)cc(N2c3ccccc3Sc3ccccc32)c1-c1cccc(F)c1. The predicted molar refractivity (Wildman–Crippen MR) is 200 cm³/mol. The Kier molecular flexibility index (Phi) is 7.29. The van der Waals surface area contributed by atoms with Crippen LogP contribution in [0.1, 0.15) is 5.56 Å². The molecule has 0 N–H and O–H groups in total. The summed E-state index contributed by atoms with van der Waals surface area (Å²) in [6.07, 6.45) is 0. The van der Waals surface area contributed by atoms with E-state index in [1.54, 1.807) is 47.8 Å².